The average Bonchev–Trinajstić information content (AvgIpc) is 3.15. The topological polar surface area (TPSA) is 44.8 Å². The summed E-state index contributed by atoms with van der Waals surface area (Å²) < 4.78 is 5.38. The van der Waals surface area contributed by atoms with E-state index in [1.165, 1.54) is 11.3 Å². The van der Waals surface area contributed by atoms with Crippen molar-refractivity contribution in [2.75, 3.05) is 43.6 Å². The molecule has 1 fully saturated rings. The van der Waals surface area contributed by atoms with Crippen LogP contribution in [0.3, 0.4) is 0 Å². The van der Waals surface area contributed by atoms with Crippen molar-refractivity contribution in [1.29, 1.82) is 0 Å². The normalized spacial score (nSPS) is 16.0. The molecule has 0 radical (unpaired) electrons. The van der Waals surface area contributed by atoms with E-state index in [2.05, 4.69) is 44.1 Å². The number of nitrogens with zero attached hydrogens (tertiary/aromatic N) is 2. The van der Waals surface area contributed by atoms with Crippen molar-refractivity contribution in [2.24, 2.45) is 0 Å². The molecule has 0 saturated carbocycles. The SMILES string of the molecule is C[C@H](C(=O)Nc1ccc(N2CCOCC2)cc1)N(C)Cc1ccsc1. The summed E-state index contributed by atoms with van der Waals surface area (Å²) in [5.41, 5.74) is 3.24. The van der Waals surface area contributed by atoms with E-state index >= 15 is 0 Å². The Morgan fingerprint density at radius 1 is 1.28 bits per heavy atom. The Balaban J connectivity index is 1.54. The predicted octanol–water partition coefficient (Wildman–Crippen LogP) is 3.04. The number of carbonyl (C=O) groups excluding carboxylic acids is 1. The van der Waals surface area contributed by atoms with Crippen molar-refractivity contribution in [3.63, 3.8) is 0 Å². The van der Waals surface area contributed by atoms with Crippen LogP contribution in [0.1, 0.15) is 12.5 Å². The molecule has 1 aromatic heterocycles. The first-order chi connectivity index (χ1) is 12.1. The van der Waals surface area contributed by atoms with Gasteiger partial charge in [-0.15, -0.1) is 0 Å². The van der Waals surface area contributed by atoms with Gasteiger partial charge in [0, 0.05) is 31.0 Å². The number of thiophene rings is 1. The summed E-state index contributed by atoms with van der Waals surface area (Å²) in [6.45, 7) is 6.07. The van der Waals surface area contributed by atoms with Crippen LogP contribution in [0.15, 0.2) is 41.1 Å². The molecule has 1 aliphatic rings. The van der Waals surface area contributed by atoms with Crippen LogP contribution < -0.4 is 10.2 Å². The summed E-state index contributed by atoms with van der Waals surface area (Å²) in [6.07, 6.45) is 0. The lowest BCUT2D eigenvalue weighted by atomic mass is 10.2. The van der Waals surface area contributed by atoms with E-state index in [0.29, 0.717) is 0 Å². The number of ether oxygens (including phenoxy) is 1. The van der Waals surface area contributed by atoms with Gasteiger partial charge in [0.05, 0.1) is 19.3 Å². The third kappa shape index (κ3) is 4.81. The second-order valence-electron chi connectivity index (χ2n) is 6.36. The van der Waals surface area contributed by atoms with Gasteiger partial charge < -0.3 is 15.0 Å². The molecular weight excluding hydrogens is 334 g/mol. The minimum atomic E-state index is -0.196. The summed E-state index contributed by atoms with van der Waals surface area (Å²) in [6, 6.07) is 9.94. The first kappa shape index (κ1) is 17.9. The summed E-state index contributed by atoms with van der Waals surface area (Å²) in [5.74, 6) is 0.0110. The molecule has 134 valence electrons. The molecule has 6 heteroatoms. The Labute approximate surface area is 153 Å². The van der Waals surface area contributed by atoms with Gasteiger partial charge in [-0.2, -0.15) is 11.3 Å². The van der Waals surface area contributed by atoms with Gasteiger partial charge in [0.25, 0.3) is 0 Å². The number of anilines is 2. The van der Waals surface area contributed by atoms with Crippen LogP contribution in [0.2, 0.25) is 0 Å². The van der Waals surface area contributed by atoms with E-state index < -0.39 is 0 Å². The first-order valence-electron chi connectivity index (χ1n) is 8.58. The number of rotatable bonds is 6. The fourth-order valence-electron chi connectivity index (χ4n) is 2.83. The van der Waals surface area contributed by atoms with Crippen LogP contribution in [0.4, 0.5) is 11.4 Å². The van der Waals surface area contributed by atoms with Crippen LogP contribution in [-0.2, 0) is 16.1 Å². The highest BCUT2D eigenvalue weighted by Crippen LogP contribution is 2.19. The van der Waals surface area contributed by atoms with Crippen molar-refractivity contribution in [3.8, 4) is 0 Å². The zero-order chi connectivity index (χ0) is 17.6. The lowest BCUT2D eigenvalue weighted by Crippen LogP contribution is -2.39. The molecule has 0 spiro atoms. The van der Waals surface area contributed by atoms with Gasteiger partial charge in [-0.05, 0) is 60.6 Å². The zero-order valence-electron chi connectivity index (χ0n) is 14.8. The smallest absolute Gasteiger partial charge is 0.241 e. The Morgan fingerprint density at radius 2 is 2.00 bits per heavy atom. The fourth-order valence-corrected chi connectivity index (χ4v) is 3.49. The first-order valence-corrected chi connectivity index (χ1v) is 9.53. The third-order valence-corrected chi connectivity index (χ3v) is 5.30. The maximum Gasteiger partial charge on any atom is 0.241 e. The highest BCUT2D eigenvalue weighted by Gasteiger charge is 2.18. The van der Waals surface area contributed by atoms with Crippen molar-refractivity contribution in [2.45, 2.75) is 19.5 Å². The monoisotopic (exact) mass is 359 g/mol. The molecule has 1 saturated heterocycles. The van der Waals surface area contributed by atoms with Crippen molar-refractivity contribution < 1.29 is 9.53 Å². The van der Waals surface area contributed by atoms with Crippen LogP contribution in [0, 0.1) is 0 Å². The number of nitrogens with one attached hydrogen (secondary N) is 1. The maximum atomic E-state index is 12.5. The minimum absolute atomic E-state index is 0.0110. The summed E-state index contributed by atoms with van der Waals surface area (Å²) in [7, 11) is 1.98. The molecule has 1 aromatic carbocycles. The fraction of sp³-hybridized carbons (Fsp3) is 0.421. The molecule has 1 N–H and O–H groups in total. The molecule has 2 heterocycles. The molecule has 0 bridgehead atoms. The van der Waals surface area contributed by atoms with Gasteiger partial charge >= 0.3 is 0 Å². The van der Waals surface area contributed by atoms with Crippen LogP contribution in [0.25, 0.3) is 0 Å². The molecule has 0 unspecified atom stereocenters. The lowest BCUT2D eigenvalue weighted by molar-refractivity contribution is -0.120. The molecule has 5 nitrogen and oxygen atoms in total. The Morgan fingerprint density at radius 3 is 2.64 bits per heavy atom. The third-order valence-electron chi connectivity index (χ3n) is 4.56. The number of morpholine rings is 1. The Bertz CT molecular complexity index is 666. The molecular formula is C19H25N3O2S. The van der Waals surface area contributed by atoms with Crippen LogP contribution >= 0.6 is 11.3 Å². The Hall–Kier alpha value is -1.89. The van der Waals surface area contributed by atoms with E-state index in [9.17, 15) is 4.79 Å². The molecule has 25 heavy (non-hydrogen) atoms. The van der Waals surface area contributed by atoms with E-state index in [0.717, 1.165) is 38.5 Å². The molecule has 1 aliphatic heterocycles. The zero-order valence-corrected chi connectivity index (χ0v) is 15.6. The van der Waals surface area contributed by atoms with E-state index in [4.69, 9.17) is 4.74 Å². The van der Waals surface area contributed by atoms with Crippen LogP contribution in [-0.4, -0.2) is 50.2 Å². The number of hydrogen-bond donors (Lipinski definition) is 1. The van der Waals surface area contributed by atoms with E-state index in [1.54, 1.807) is 11.3 Å². The number of hydrogen-bond acceptors (Lipinski definition) is 5. The van der Waals surface area contributed by atoms with E-state index in [1.807, 2.05) is 26.1 Å². The highest BCUT2D eigenvalue weighted by molar-refractivity contribution is 7.07. The van der Waals surface area contributed by atoms with Gasteiger partial charge in [-0.25, -0.2) is 0 Å². The van der Waals surface area contributed by atoms with Crippen LogP contribution in [0.5, 0.6) is 0 Å². The Kier molecular flexibility index (Phi) is 6.07. The lowest BCUT2D eigenvalue weighted by Gasteiger charge is -2.29. The van der Waals surface area contributed by atoms with Crippen molar-refractivity contribution >= 4 is 28.6 Å². The van der Waals surface area contributed by atoms with Gasteiger partial charge in [-0.1, -0.05) is 0 Å². The second kappa shape index (κ2) is 8.47. The average molecular weight is 359 g/mol. The summed E-state index contributed by atoms with van der Waals surface area (Å²) in [4.78, 5) is 16.8. The van der Waals surface area contributed by atoms with Crippen molar-refractivity contribution in [3.05, 3.63) is 46.7 Å². The number of carbonyl (C=O) groups is 1. The predicted molar refractivity (Wildman–Crippen MR) is 103 cm³/mol. The molecule has 1 amide bonds. The van der Waals surface area contributed by atoms with Crippen molar-refractivity contribution in [1.82, 2.24) is 4.90 Å². The molecule has 0 aliphatic carbocycles. The van der Waals surface area contributed by atoms with Gasteiger partial charge in [0.2, 0.25) is 5.91 Å². The largest absolute Gasteiger partial charge is 0.378 e. The standard InChI is InChI=1S/C19H25N3O2S/c1-15(21(2)13-16-7-12-25-14-16)19(23)20-17-3-5-18(6-4-17)22-8-10-24-11-9-22/h3-7,12,14-15H,8-11,13H2,1-2H3,(H,20,23)/t15-/m1/s1. The van der Waals surface area contributed by atoms with Gasteiger partial charge in [0.1, 0.15) is 0 Å². The maximum absolute atomic E-state index is 12.5. The van der Waals surface area contributed by atoms with E-state index in [-0.39, 0.29) is 11.9 Å². The van der Waals surface area contributed by atoms with Gasteiger partial charge in [-0.3, -0.25) is 9.69 Å². The highest BCUT2D eigenvalue weighted by atomic mass is 32.1. The number of benzene rings is 1. The molecule has 2 aromatic rings. The van der Waals surface area contributed by atoms with Gasteiger partial charge in [0.15, 0.2) is 0 Å². The molecule has 3 rings (SSSR count). The summed E-state index contributed by atoms with van der Waals surface area (Å²) >= 11 is 1.68. The number of amides is 1. The minimum Gasteiger partial charge on any atom is -0.378 e. The summed E-state index contributed by atoms with van der Waals surface area (Å²) in [5, 5.41) is 7.19. The quantitative estimate of drug-likeness (QED) is 0.861. The second-order valence-corrected chi connectivity index (χ2v) is 7.14. The molecule has 1 atom stereocenters. The number of likely N-dealkylation sites (N-methyl/N-ethyl adjacent to an activating group) is 1.